The zero-order chi connectivity index (χ0) is 17.4. The second kappa shape index (κ2) is 9.81. The van der Waals surface area contributed by atoms with Gasteiger partial charge in [-0.1, -0.05) is 11.6 Å². The minimum Gasteiger partial charge on any atom is -0.450 e. The quantitative estimate of drug-likeness (QED) is 0.734. The van der Waals surface area contributed by atoms with Crippen molar-refractivity contribution in [3.8, 4) is 0 Å². The van der Waals surface area contributed by atoms with E-state index in [0.29, 0.717) is 24.8 Å². The maximum atomic E-state index is 13.7. The number of alkyl carbamates (subject to hydrolysis) is 1. The van der Waals surface area contributed by atoms with Crippen LogP contribution in [0.3, 0.4) is 0 Å². The van der Waals surface area contributed by atoms with Gasteiger partial charge >= 0.3 is 6.09 Å². The van der Waals surface area contributed by atoms with Gasteiger partial charge < -0.3 is 20.1 Å². The van der Waals surface area contributed by atoms with Crippen molar-refractivity contribution in [2.45, 2.75) is 25.9 Å². The molecule has 24 heavy (non-hydrogen) atoms. The first-order valence-corrected chi connectivity index (χ1v) is 8.67. The summed E-state index contributed by atoms with van der Waals surface area (Å²) in [6, 6.07) is 4.48. The average Bonchev–Trinajstić information content (AvgIpc) is 2.55. The lowest BCUT2D eigenvalue weighted by molar-refractivity contribution is 0.00441. The van der Waals surface area contributed by atoms with Gasteiger partial charge in [0.25, 0.3) is 0 Å². The maximum Gasteiger partial charge on any atom is 0.407 e. The van der Waals surface area contributed by atoms with Crippen molar-refractivity contribution in [2.75, 3.05) is 32.8 Å². The third-order valence-corrected chi connectivity index (χ3v) is 4.14. The molecule has 2 N–H and O–H groups in total. The fourth-order valence-electron chi connectivity index (χ4n) is 2.90. The molecule has 0 saturated carbocycles. The Hall–Kier alpha value is -1.37. The smallest absolute Gasteiger partial charge is 0.407 e. The molecule has 0 radical (unpaired) electrons. The van der Waals surface area contributed by atoms with E-state index in [1.807, 2.05) is 0 Å². The van der Waals surface area contributed by atoms with Crippen LogP contribution in [0.1, 0.15) is 31.4 Å². The van der Waals surface area contributed by atoms with Crippen LogP contribution in [-0.2, 0) is 9.47 Å². The second-order valence-corrected chi connectivity index (χ2v) is 6.18. The van der Waals surface area contributed by atoms with Gasteiger partial charge in [-0.15, -0.1) is 0 Å². The van der Waals surface area contributed by atoms with Crippen molar-refractivity contribution in [2.24, 2.45) is 5.92 Å². The average molecular weight is 359 g/mol. The van der Waals surface area contributed by atoms with Gasteiger partial charge in [-0.2, -0.15) is 0 Å². The van der Waals surface area contributed by atoms with Crippen LogP contribution in [0.25, 0.3) is 0 Å². The normalized spacial score (nSPS) is 18.9. The molecule has 0 bridgehead atoms. The molecule has 1 aliphatic rings. The molecule has 1 aliphatic heterocycles. The Balaban J connectivity index is 1.99. The Labute approximate surface area is 146 Å². The fourth-order valence-corrected chi connectivity index (χ4v) is 3.13. The van der Waals surface area contributed by atoms with Crippen molar-refractivity contribution in [1.29, 1.82) is 0 Å². The molecule has 7 heteroatoms. The monoisotopic (exact) mass is 358 g/mol. The molecule has 1 heterocycles. The molecule has 2 atom stereocenters. The number of rotatable bonds is 7. The zero-order valence-electron chi connectivity index (χ0n) is 13.8. The summed E-state index contributed by atoms with van der Waals surface area (Å²) in [6.07, 6.45) is 1.31. The molecule has 0 aliphatic carbocycles. The van der Waals surface area contributed by atoms with Crippen LogP contribution in [0.2, 0.25) is 5.02 Å². The van der Waals surface area contributed by atoms with E-state index in [1.165, 1.54) is 12.1 Å². The number of carbonyl (C=O) groups is 1. The van der Waals surface area contributed by atoms with E-state index in [0.717, 1.165) is 31.5 Å². The Kier molecular flexibility index (Phi) is 7.75. The van der Waals surface area contributed by atoms with E-state index >= 15 is 0 Å². The number of piperidine rings is 1. The number of amides is 1. The lowest BCUT2D eigenvalue weighted by Gasteiger charge is -2.31. The van der Waals surface area contributed by atoms with Gasteiger partial charge in [-0.05, 0) is 50.1 Å². The molecule has 1 fully saturated rings. The topological polar surface area (TPSA) is 59.6 Å². The van der Waals surface area contributed by atoms with Crippen LogP contribution in [0.4, 0.5) is 9.18 Å². The molecule has 0 aromatic heterocycles. The standard InChI is InChI=1S/C17H24ClFN2O3/c1-2-23-17(22)21-6-7-24-16(12-4-3-5-20-11-12)13-8-14(18)10-15(19)9-13/h8-10,12,16,20H,2-7,11H2,1H3,(H,21,22)/t12?,16-/m1/s1. The number of hydrogen-bond acceptors (Lipinski definition) is 4. The molecule has 1 saturated heterocycles. The molecule has 1 aromatic rings. The Morgan fingerprint density at radius 1 is 1.50 bits per heavy atom. The molecular weight excluding hydrogens is 335 g/mol. The number of hydrogen-bond donors (Lipinski definition) is 2. The van der Waals surface area contributed by atoms with E-state index in [1.54, 1.807) is 13.0 Å². The van der Waals surface area contributed by atoms with Gasteiger partial charge in [0.1, 0.15) is 5.82 Å². The molecule has 5 nitrogen and oxygen atoms in total. The molecule has 134 valence electrons. The summed E-state index contributed by atoms with van der Waals surface area (Å²) in [5, 5.41) is 6.31. The predicted molar refractivity (Wildman–Crippen MR) is 90.7 cm³/mol. The van der Waals surface area contributed by atoms with Crippen LogP contribution < -0.4 is 10.6 Å². The number of nitrogens with one attached hydrogen (secondary N) is 2. The van der Waals surface area contributed by atoms with Gasteiger partial charge in [-0.3, -0.25) is 0 Å². The summed E-state index contributed by atoms with van der Waals surface area (Å²) in [5.41, 5.74) is 0.727. The highest BCUT2D eigenvalue weighted by molar-refractivity contribution is 6.30. The second-order valence-electron chi connectivity index (χ2n) is 5.75. The summed E-state index contributed by atoms with van der Waals surface area (Å²) < 4.78 is 24.5. The summed E-state index contributed by atoms with van der Waals surface area (Å²) >= 11 is 5.99. The molecule has 1 unspecified atom stereocenters. The van der Waals surface area contributed by atoms with Crippen LogP contribution in [-0.4, -0.2) is 38.9 Å². The number of ether oxygens (including phenoxy) is 2. The van der Waals surface area contributed by atoms with Crippen LogP contribution >= 0.6 is 11.6 Å². The number of carbonyl (C=O) groups excluding carboxylic acids is 1. The van der Waals surface area contributed by atoms with Crippen molar-refractivity contribution in [3.63, 3.8) is 0 Å². The number of benzene rings is 1. The van der Waals surface area contributed by atoms with E-state index in [-0.39, 0.29) is 17.8 Å². The summed E-state index contributed by atoms with van der Waals surface area (Å²) in [5.74, 6) is -0.140. The molecule has 0 spiro atoms. The highest BCUT2D eigenvalue weighted by Gasteiger charge is 2.26. The minimum absolute atomic E-state index is 0.235. The first-order valence-electron chi connectivity index (χ1n) is 8.29. The van der Waals surface area contributed by atoms with Crippen molar-refractivity contribution in [1.82, 2.24) is 10.6 Å². The van der Waals surface area contributed by atoms with E-state index in [4.69, 9.17) is 21.1 Å². The van der Waals surface area contributed by atoms with Gasteiger partial charge in [0.05, 0.1) is 19.3 Å². The van der Waals surface area contributed by atoms with Crippen molar-refractivity contribution in [3.05, 3.63) is 34.6 Å². The first kappa shape index (κ1) is 19.0. The maximum absolute atomic E-state index is 13.7. The van der Waals surface area contributed by atoms with Gasteiger partial charge in [0.15, 0.2) is 0 Å². The molecule has 1 amide bonds. The van der Waals surface area contributed by atoms with Crippen molar-refractivity contribution < 1.29 is 18.7 Å². The summed E-state index contributed by atoms with van der Waals surface area (Å²) in [6.45, 7) is 4.51. The Bertz CT molecular complexity index is 518. The highest BCUT2D eigenvalue weighted by Crippen LogP contribution is 2.32. The Morgan fingerprint density at radius 3 is 3.00 bits per heavy atom. The van der Waals surface area contributed by atoms with Gasteiger partial charge in [0, 0.05) is 24.0 Å². The van der Waals surface area contributed by atoms with Crippen LogP contribution in [0.5, 0.6) is 0 Å². The molecule has 2 rings (SSSR count). The predicted octanol–water partition coefficient (Wildman–Crippen LogP) is 3.28. The van der Waals surface area contributed by atoms with Gasteiger partial charge in [-0.25, -0.2) is 9.18 Å². The minimum atomic E-state index is -0.467. The van der Waals surface area contributed by atoms with Gasteiger partial charge in [0.2, 0.25) is 0 Å². The van der Waals surface area contributed by atoms with E-state index in [9.17, 15) is 9.18 Å². The van der Waals surface area contributed by atoms with E-state index in [2.05, 4.69) is 10.6 Å². The molecular formula is C17H24ClFN2O3. The lowest BCUT2D eigenvalue weighted by atomic mass is 9.89. The largest absolute Gasteiger partial charge is 0.450 e. The number of halogens is 2. The van der Waals surface area contributed by atoms with Crippen LogP contribution in [0.15, 0.2) is 18.2 Å². The third-order valence-electron chi connectivity index (χ3n) is 3.92. The SMILES string of the molecule is CCOC(=O)NCCO[C@@H](c1cc(F)cc(Cl)c1)C1CCCNC1. The summed E-state index contributed by atoms with van der Waals surface area (Å²) in [4.78, 5) is 11.3. The molecule has 1 aromatic carbocycles. The van der Waals surface area contributed by atoms with Crippen molar-refractivity contribution >= 4 is 17.7 Å². The van der Waals surface area contributed by atoms with E-state index < -0.39 is 6.09 Å². The highest BCUT2D eigenvalue weighted by atomic mass is 35.5. The third kappa shape index (κ3) is 5.92. The first-order chi connectivity index (χ1) is 11.6. The summed E-state index contributed by atoms with van der Waals surface area (Å²) in [7, 11) is 0. The zero-order valence-corrected chi connectivity index (χ0v) is 14.6. The van der Waals surface area contributed by atoms with Crippen LogP contribution in [0, 0.1) is 11.7 Å². The lowest BCUT2D eigenvalue weighted by Crippen LogP contribution is -2.35. The Morgan fingerprint density at radius 2 is 2.33 bits per heavy atom. The fraction of sp³-hybridized carbons (Fsp3) is 0.588.